The van der Waals surface area contributed by atoms with Gasteiger partial charge in [-0.3, -0.25) is 9.69 Å². The lowest BCUT2D eigenvalue weighted by Gasteiger charge is -2.33. The minimum absolute atomic E-state index is 0.279. The van der Waals surface area contributed by atoms with Gasteiger partial charge in [-0.1, -0.05) is 13.8 Å². The summed E-state index contributed by atoms with van der Waals surface area (Å²) in [5.41, 5.74) is 0. The van der Waals surface area contributed by atoms with Crippen molar-refractivity contribution < 1.29 is 4.79 Å². The molecule has 3 heteroatoms. The van der Waals surface area contributed by atoms with E-state index in [1.807, 2.05) is 11.8 Å². The molecule has 0 radical (unpaired) electrons. The lowest BCUT2D eigenvalue weighted by Crippen LogP contribution is -2.42. The molecule has 1 fully saturated rings. The first-order valence-electron chi connectivity index (χ1n) is 4.45. The zero-order chi connectivity index (χ0) is 9.14. The average molecular weight is 187 g/mol. The Bertz CT molecular complexity index is 162. The molecule has 1 aliphatic heterocycles. The Morgan fingerprint density at radius 1 is 1.42 bits per heavy atom. The molecule has 2 unspecified atom stereocenters. The van der Waals surface area contributed by atoms with Crippen molar-refractivity contribution in [2.75, 3.05) is 19.6 Å². The first-order chi connectivity index (χ1) is 5.58. The second-order valence-corrected chi connectivity index (χ2v) is 5.54. The van der Waals surface area contributed by atoms with Gasteiger partial charge in [-0.25, -0.2) is 0 Å². The van der Waals surface area contributed by atoms with Crippen LogP contribution in [0.3, 0.4) is 0 Å². The number of nitrogens with zero attached hydrogens (tertiary/aromatic N) is 1. The maximum atomic E-state index is 10.9. The van der Waals surface area contributed by atoms with E-state index in [1.54, 1.807) is 6.92 Å². The molecule has 0 aromatic carbocycles. The standard InChI is InChI=1S/C9H17NOS/c1-7(11)4-10-5-8(2)12-9(3)6-10/h8-9H,4-6H2,1-3H3. The van der Waals surface area contributed by atoms with E-state index in [0.717, 1.165) is 13.1 Å². The van der Waals surface area contributed by atoms with Crippen molar-refractivity contribution in [2.24, 2.45) is 0 Å². The van der Waals surface area contributed by atoms with Crippen molar-refractivity contribution in [3.63, 3.8) is 0 Å². The van der Waals surface area contributed by atoms with E-state index in [4.69, 9.17) is 0 Å². The van der Waals surface area contributed by atoms with Crippen LogP contribution in [0.1, 0.15) is 20.8 Å². The fourth-order valence-corrected chi connectivity index (χ4v) is 3.12. The van der Waals surface area contributed by atoms with Gasteiger partial charge in [-0.15, -0.1) is 0 Å². The number of Topliss-reactive ketones (excluding diaryl/α,β-unsaturated/α-hetero) is 1. The number of ketones is 1. The minimum atomic E-state index is 0.279. The van der Waals surface area contributed by atoms with Gasteiger partial charge in [0.25, 0.3) is 0 Å². The number of hydrogen-bond donors (Lipinski definition) is 0. The monoisotopic (exact) mass is 187 g/mol. The van der Waals surface area contributed by atoms with Gasteiger partial charge in [0.2, 0.25) is 0 Å². The van der Waals surface area contributed by atoms with Crippen LogP contribution in [-0.2, 0) is 4.79 Å². The van der Waals surface area contributed by atoms with Crippen LogP contribution in [0.5, 0.6) is 0 Å². The van der Waals surface area contributed by atoms with Crippen molar-refractivity contribution in [1.82, 2.24) is 4.90 Å². The van der Waals surface area contributed by atoms with Crippen molar-refractivity contribution in [2.45, 2.75) is 31.3 Å². The molecule has 12 heavy (non-hydrogen) atoms. The molecule has 0 N–H and O–H groups in total. The van der Waals surface area contributed by atoms with Gasteiger partial charge in [0.05, 0.1) is 6.54 Å². The van der Waals surface area contributed by atoms with Crippen LogP contribution in [0.4, 0.5) is 0 Å². The largest absolute Gasteiger partial charge is 0.299 e. The summed E-state index contributed by atoms with van der Waals surface area (Å²) in [6.07, 6.45) is 0. The Kier molecular flexibility index (Phi) is 3.59. The molecule has 1 heterocycles. The molecule has 1 saturated heterocycles. The molecular formula is C9H17NOS. The fraction of sp³-hybridized carbons (Fsp3) is 0.889. The lowest BCUT2D eigenvalue weighted by molar-refractivity contribution is -0.118. The Labute approximate surface area is 78.7 Å². The Morgan fingerprint density at radius 2 is 1.92 bits per heavy atom. The molecular weight excluding hydrogens is 170 g/mol. The van der Waals surface area contributed by atoms with E-state index >= 15 is 0 Å². The molecule has 0 aliphatic carbocycles. The number of hydrogen-bond acceptors (Lipinski definition) is 3. The van der Waals surface area contributed by atoms with Crippen LogP contribution in [0.2, 0.25) is 0 Å². The SMILES string of the molecule is CC(=O)CN1CC(C)SC(C)C1. The topological polar surface area (TPSA) is 20.3 Å². The Hall–Kier alpha value is -0.0200. The third kappa shape index (κ3) is 3.15. The minimum Gasteiger partial charge on any atom is -0.299 e. The van der Waals surface area contributed by atoms with E-state index in [9.17, 15) is 4.79 Å². The number of rotatable bonds is 2. The highest BCUT2D eigenvalue weighted by molar-refractivity contribution is 8.00. The van der Waals surface area contributed by atoms with Crippen molar-refractivity contribution in [3.8, 4) is 0 Å². The van der Waals surface area contributed by atoms with Crippen LogP contribution in [0, 0.1) is 0 Å². The molecule has 70 valence electrons. The van der Waals surface area contributed by atoms with Gasteiger partial charge in [0.15, 0.2) is 0 Å². The molecule has 0 bridgehead atoms. The van der Waals surface area contributed by atoms with Crippen LogP contribution in [0.25, 0.3) is 0 Å². The van der Waals surface area contributed by atoms with Crippen LogP contribution in [0.15, 0.2) is 0 Å². The van der Waals surface area contributed by atoms with E-state index in [2.05, 4.69) is 18.7 Å². The summed E-state index contributed by atoms with van der Waals surface area (Å²) in [5, 5.41) is 1.35. The summed E-state index contributed by atoms with van der Waals surface area (Å²) in [4.78, 5) is 13.1. The molecule has 0 spiro atoms. The first kappa shape index (κ1) is 10.1. The van der Waals surface area contributed by atoms with Crippen molar-refractivity contribution in [3.05, 3.63) is 0 Å². The Morgan fingerprint density at radius 3 is 2.33 bits per heavy atom. The van der Waals surface area contributed by atoms with Crippen LogP contribution in [-0.4, -0.2) is 40.8 Å². The molecule has 0 aromatic rings. The zero-order valence-electron chi connectivity index (χ0n) is 8.04. The molecule has 1 aliphatic rings. The number of carbonyl (C=O) groups excluding carboxylic acids is 1. The maximum absolute atomic E-state index is 10.9. The van der Waals surface area contributed by atoms with Crippen LogP contribution >= 0.6 is 11.8 Å². The van der Waals surface area contributed by atoms with E-state index in [1.165, 1.54) is 0 Å². The van der Waals surface area contributed by atoms with Gasteiger partial charge in [0, 0.05) is 23.6 Å². The quantitative estimate of drug-likeness (QED) is 0.652. The van der Waals surface area contributed by atoms with Gasteiger partial charge in [-0.05, 0) is 6.92 Å². The highest BCUT2D eigenvalue weighted by atomic mass is 32.2. The molecule has 1 rings (SSSR count). The summed E-state index contributed by atoms with van der Waals surface area (Å²) in [7, 11) is 0. The fourth-order valence-electron chi connectivity index (χ4n) is 1.73. The lowest BCUT2D eigenvalue weighted by atomic mass is 10.3. The van der Waals surface area contributed by atoms with E-state index in [0.29, 0.717) is 17.0 Å². The summed E-state index contributed by atoms with van der Waals surface area (Å²) in [6, 6.07) is 0. The van der Waals surface area contributed by atoms with Gasteiger partial charge in [0.1, 0.15) is 5.78 Å². The molecule has 0 aromatic heterocycles. The van der Waals surface area contributed by atoms with Crippen LogP contribution < -0.4 is 0 Å². The maximum Gasteiger partial charge on any atom is 0.143 e. The summed E-state index contributed by atoms with van der Waals surface area (Å²) in [5.74, 6) is 0.279. The normalized spacial score (nSPS) is 31.9. The van der Waals surface area contributed by atoms with Crippen molar-refractivity contribution >= 4 is 17.5 Å². The van der Waals surface area contributed by atoms with Gasteiger partial charge >= 0.3 is 0 Å². The second-order valence-electron chi connectivity index (χ2n) is 3.65. The highest BCUT2D eigenvalue weighted by Crippen LogP contribution is 2.24. The molecule has 0 amide bonds. The number of thioether (sulfide) groups is 1. The average Bonchev–Trinajstić information content (AvgIpc) is 1.81. The van der Waals surface area contributed by atoms with Gasteiger partial charge in [-0.2, -0.15) is 11.8 Å². The summed E-state index contributed by atoms with van der Waals surface area (Å²) >= 11 is 2.02. The van der Waals surface area contributed by atoms with Crippen molar-refractivity contribution in [1.29, 1.82) is 0 Å². The third-order valence-corrected chi connectivity index (χ3v) is 3.17. The molecule has 0 saturated carbocycles. The highest BCUT2D eigenvalue weighted by Gasteiger charge is 2.22. The second kappa shape index (κ2) is 4.28. The molecule has 2 atom stereocenters. The predicted octanol–water partition coefficient (Wildman–Crippen LogP) is 1.40. The molecule has 2 nitrogen and oxygen atoms in total. The Balaban J connectivity index is 2.38. The predicted molar refractivity (Wildman–Crippen MR) is 53.6 cm³/mol. The van der Waals surface area contributed by atoms with E-state index in [-0.39, 0.29) is 5.78 Å². The first-order valence-corrected chi connectivity index (χ1v) is 5.39. The summed E-state index contributed by atoms with van der Waals surface area (Å²) < 4.78 is 0. The van der Waals surface area contributed by atoms with E-state index < -0.39 is 0 Å². The third-order valence-electron chi connectivity index (χ3n) is 1.94. The van der Waals surface area contributed by atoms with Gasteiger partial charge < -0.3 is 0 Å². The zero-order valence-corrected chi connectivity index (χ0v) is 8.86. The smallest absolute Gasteiger partial charge is 0.143 e. The summed E-state index contributed by atoms with van der Waals surface area (Å²) in [6.45, 7) is 8.89. The number of carbonyl (C=O) groups is 1.